The SMILES string of the molecule is Cc1nc(Oc2cc(C#N)ccc2-n2cc(C[C@@](C)(N)C(=O)O)c3ccccc32)cc(-c2ccccc2)n1. The number of hydrogen-bond donors (Lipinski definition) is 2. The highest BCUT2D eigenvalue weighted by molar-refractivity contribution is 5.88. The van der Waals surface area contributed by atoms with E-state index < -0.39 is 11.5 Å². The Bertz CT molecular complexity index is 1700. The lowest BCUT2D eigenvalue weighted by atomic mass is 9.94. The molecule has 0 aliphatic carbocycles. The number of carboxylic acid groups (broad SMARTS) is 1. The fraction of sp³-hybridized carbons (Fsp3) is 0.133. The molecule has 3 N–H and O–H groups in total. The van der Waals surface area contributed by atoms with E-state index in [4.69, 9.17) is 10.5 Å². The predicted molar refractivity (Wildman–Crippen MR) is 144 cm³/mol. The van der Waals surface area contributed by atoms with Crippen LogP contribution in [0.25, 0.3) is 27.8 Å². The average Bonchev–Trinajstić information content (AvgIpc) is 3.26. The zero-order valence-electron chi connectivity index (χ0n) is 20.9. The Labute approximate surface area is 219 Å². The molecule has 38 heavy (non-hydrogen) atoms. The van der Waals surface area contributed by atoms with E-state index in [1.807, 2.05) is 65.4 Å². The second-order valence-corrected chi connectivity index (χ2v) is 9.34. The van der Waals surface area contributed by atoms with Crippen molar-refractivity contribution < 1.29 is 14.6 Å². The number of nitriles is 1. The number of carbonyl (C=O) groups is 1. The van der Waals surface area contributed by atoms with Crippen molar-refractivity contribution >= 4 is 16.9 Å². The van der Waals surface area contributed by atoms with Gasteiger partial charge in [-0.15, -0.1) is 0 Å². The number of nitrogens with zero attached hydrogens (tertiary/aromatic N) is 4. The lowest BCUT2D eigenvalue weighted by molar-refractivity contribution is -0.142. The van der Waals surface area contributed by atoms with E-state index in [1.165, 1.54) is 6.92 Å². The first-order valence-electron chi connectivity index (χ1n) is 12.0. The minimum absolute atomic E-state index is 0.133. The van der Waals surface area contributed by atoms with E-state index in [0.29, 0.717) is 28.7 Å². The second-order valence-electron chi connectivity index (χ2n) is 9.34. The van der Waals surface area contributed by atoms with Crippen LogP contribution in [0.2, 0.25) is 0 Å². The Morgan fingerprint density at radius 3 is 2.55 bits per heavy atom. The van der Waals surface area contributed by atoms with Crippen LogP contribution in [-0.2, 0) is 11.2 Å². The van der Waals surface area contributed by atoms with Crippen molar-refractivity contribution in [2.24, 2.45) is 5.73 Å². The van der Waals surface area contributed by atoms with E-state index in [0.717, 1.165) is 27.7 Å². The molecule has 0 spiro atoms. The summed E-state index contributed by atoms with van der Waals surface area (Å²) in [5.41, 5.74) is 9.03. The van der Waals surface area contributed by atoms with Gasteiger partial charge in [0.1, 0.15) is 11.4 Å². The quantitative estimate of drug-likeness (QED) is 0.304. The Kier molecular flexibility index (Phi) is 6.37. The molecule has 0 bridgehead atoms. The number of aliphatic carboxylic acids is 1. The van der Waals surface area contributed by atoms with Crippen LogP contribution in [0.15, 0.2) is 85.1 Å². The van der Waals surface area contributed by atoms with Gasteiger partial charge in [-0.25, -0.2) is 4.98 Å². The molecule has 0 aliphatic rings. The van der Waals surface area contributed by atoms with Crippen LogP contribution in [0.5, 0.6) is 11.6 Å². The van der Waals surface area contributed by atoms with Gasteiger partial charge in [-0.05, 0) is 37.6 Å². The summed E-state index contributed by atoms with van der Waals surface area (Å²) in [4.78, 5) is 20.7. The molecule has 0 unspecified atom stereocenters. The van der Waals surface area contributed by atoms with Crippen LogP contribution in [-0.4, -0.2) is 31.1 Å². The summed E-state index contributed by atoms with van der Waals surface area (Å²) in [6.45, 7) is 3.30. The zero-order chi connectivity index (χ0) is 26.9. The molecule has 1 atom stereocenters. The smallest absolute Gasteiger partial charge is 0.323 e. The molecule has 0 saturated carbocycles. The van der Waals surface area contributed by atoms with Gasteiger partial charge in [-0.2, -0.15) is 10.2 Å². The number of ether oxygens (including phenoxy) is 1. The molecule has 2 aromatic heterocycles. The van der Waals surface area contributed by atoms with E-state index in [2.05, 4.69) is 16.0 Å². The Hall–Kier alpha value is -5.00. The van der Waals surface area contributed by atoms with Crippen molar-refractivity contribution in [3.63, 3.8) is 0 Å². The molecule has 0 aliphatic heterocycles. The van der Waals surface area contributed by atoms with Crippen molar-refractivity contribution in [3.8, 4) is 34.6 Å². The van der Waals surface area contributed by atoms with Crippen LogP contribution < -0.4 is 10.5 Å². The molecule has 5 rings (SSSR count). The van der Waals surface area contributed by atoms with Gasteiger partial charge >= 0.3 is 5.97 Å². The molecule has 0 amide bonds. The Morgan fingerprint density at radius 1 is 1.08 bits per heavy atom. The molecule has 8 heteroatoms. The lowest BCUT2D eigenvalue weighted by Crippen LogP contribution is -2.46. The number of benzene rings is 3. The van der Waals surface area contributed by atoms with Crippen molar-refractivity contribution in [2.75, 3.05) is 0 Å². The largest absolute Gasteiger partial charge is 0.480 e. The second kappa shape index (κ2) is 9.81. The van der Waals surface area contributed by atoms with Crippen molar-refractivity contribution in [2.45, 2.75) is 25.8 Å². The number of fused-ring (bicyclic) bond motifs is 1. The van der Waals surface area contributed by atoms with Crippen LogP contribution in [0.1, 0.15) is 23.9 Å². The van der Waals surface area contributed by atoms with Gasteiger partial charge in [0.05, 0.1) is 28.5 Å². The molecule has 0 fully saturated rings. The van der Waals surface area contributed by atoms with Gasteiger partial charge in [-0.1, -0.05) is 48.5 Å². The van der Waals surface area contributed by atoms with E-state index in [-0.39, 0.29) is 6.42 Å². The summed E-state index contributed by atoms with van der Waals surface area (Å²) in [7, 11) is 0. The van der Waals surface area contributed by atoms with Gasteiger partial charge < -0.3 is 20.1 Å². The van der Waals surface area contributed by atoms with Gasteiger partial charge in [0.2, 0.25) is 5.88 Å². The molecule has 2 heterocycles. The summed E-state index contributed by atoms with van der Waals surface area (Å²) in [5, 5.41) is 20.1. The van der Waals surface area contributed by atoms with Gasteiger partial charge in [0.25, 0.3) is 0 Å². The first-order chi connectivity index (χ1) is 18.2. The molecule has 188 valence electrons. The highest BCUT2D eigenvalue weighted by Gasteiger charge is 2.30. The average molecular weight is 504 g/mol. The number of para-hydroxylation sites is 1. The molecule has 3 aromatic carbocycles. The number of aryl methyl sites for hydroxylation is 1. The van der Waals surface area contributed by atoms with Crippen molar-refractivity contribution in [1.82, 2.24) is 14.5 Å². The highest BCUT2D eigenvalue weighted by Crippen LogP contribution is 2.34. The van der Waals surface area contributed by atoms with Crippen molar-refractivity contribution in [1.29, 1.82) is 5.26 Å². The van der Waals surface area contributed by atoms with Crippen LogP contribution in [0, 0.1) is 18.3 Å². The normalized spacial score (nSPS) is 12.6. The zero-order valence-corrected chi connectivity index (χ0v) is 20.9. The third kappa shape index (κ3) is 4.83. The molecular weight excluding hydrogens is 478 g/mol. The summed E-state index contributed by atoms with van der Waals surface area (Å²) >= 11 is 0. The number of hydrogen-bond acceptors (Lipinski definition) is 6. The molecular formula is C30H25N5O3. The molecule has 0 radical (unpaired) electrons. The van der Waals surface area contributed by atoms with Gasteiger partial charge in [0.15, 0.2) is 5.75 Å². The van der Waals surface area contributed by atoms with Gasteiger partial charge in [-0.3, -0.25) is 4.79 Å². The standard InChI is InChI=1S/C30H25N5O3/c1-19-33-24(21-8-4-3-5-9-21)15-28(34-19)38-27-14-20(17-31)12-13-26(27)35-18-22(16-30(2,32)29(36)37)23-10-6-7-11-25(23)35/h3-15,18H,16,32H2,1-2H3,(H,36,37)/t30-/m1/s1. The summed E-state index contributed by atoms with van der Waals surface area (Å²) in [5.74, 6) is 0.223. The predicted octanol–water partition coefficient (Wildman–Crippen LogP) is 5.40. The van der Waals surface area contributed by atoms with Crippen LogP contribution >= 0.6 is 0 Å². The maximum atomic E-state index is 11.7. The topological polar surface area (TPSA) is 127 Å². The highest BCUT2D eigenvalue weighted by atomic mass is 16.5. The lowest BCUT2D eigenvalue weighted by Gasteiger charge is -2.18. The third-order valence-electron chi connectivity index (χ3n) is 6.29. The molecule has 0 saturated heterocycles. The summed E-state index contributed by atoms with van der Waals surface area (Å²) < 4.78 is 8.23. The van der Waals surface area contributed by atoms with Crippen molar-refractivity contribution in [3.05, 3.63) is 102 Å². The number of aromatic nitrogens is 3. The first-order valence-corrected chi connectivity index (χ1v) is 12.0. The fourth-order valence-corrected chi connectivity index (χ4v) is 4.39. The minimum Gasteiger partial charge on any atom is -0.480 e. The molecule has 5 aromatic rings. The van der Waals surface area contributed by atoms with E-state index >= 15 is 0 Å². The Morgan fingerprint density at radius 2 is 1.82 bits per heavy atom. The number of nitrogens with two attached hydrogens (primary N) is 1. The van der Waals surface area contributed by atoms with Gasteiger partial charge in [0, 0.05) is 35.7 Å². The number of carboxylic acids is 1. The maximum absolute atomic E-state index is 11.7. The van der Waals surface area contributed by atoms with Crippen LogP contribution in [0.3, 0.4) is 0 Å². The number of rotatable bonds is 7. The van der Waals surface area contributed by atoms with Crippen LogP contribution in [0.4, 0.5) is 0 Å². The summed E-state index contributed by atoms with van der Waals surface area (Å²) in [6.07, 6.45) is 2.00. The Balaban J connectivity index is 1.63. The molecule has 8 nitrogen and oxygen atoms in total. The fourth-order valence-electron chi connectivity index (χ4n) is 4.39. The van der Waals surface area contributed by atoms with E-state index in [9.17, 15) is 15.2 Å². The van der Waals surface area contributed by atoms with E-state index in [1.54, 1.807) is 31.2 Å². The maximum Gasteiger partial charge on any atom is 0.323 e. The first kappa shape index (κ1) is 24.7. The summed E-state index contributed by atoms with van der Waals surface area (Å²) in [6, 6.07) is 26.5. The minimum atomic E-state index is -1.44. The monoisotopic (exact) mass is 503 g/mol. The third-order valence-corrected chi connectivity index (χ3v) is 6.29.